The van der Waals surface area contributed by atoms with Gasteiger partial charge >= 0.3 is 0 Å². The predicted octanol–water partition coefficient (Wildman–Crippen LogP) is 2.71. The third kappa shape index (κ3) is 5.80. The van der Waals surface area contributed by atoms with Crippen LogP contribution in [0.15, 0.2) is 24.3 Å². The number of carbonyl (C=O) groups is 1. The van der Waals surface area contributed by atoms with Crippen molar-refractivity contribution in [2.75, 3.05) is 5.32 Å². The number of alkyl halides is 3. The maximum absolute atomic E-state index is 11.1. The molecule has 0 radical (unpaired) electrons. The number of nitro benzene ring substituents is 1. The molecule has 1 aromatic carbocycles. The van der Waals surface area contributed by atoms with Crippen LogP contribution in [0.25, 0.3) is 0 Å². The van der Waals surface area contributed by atoms with Gasteiger partial charge in [-0.05, 0) is 18.3 Å². The minimum Gasteiger partial charge on any atom is -0.339 e. The van der Waals surface area contributed by atoms with E-state index < -0.39 is 20.8 Å². The van der Waals surface area contributed by atoms with E-state index in [9.17, 15) is 14.9 Å². The molecule has 120 valence electrons. The van der Waals surface area contributed by atoms with Gasteiger partial charge in [0.1, 0.15) is 11.9 Å². The number of rotatable bonds is 4. The van der Waals surface area contributed by atoms with Crippen LogP contribution in [0.4, 0.5) is 11.4 Å². The molecule has 7 nitrogen and oxygen atoms in total. The maximum atomic E-state index is 11.1. The number of anilines is 1. The molecule has 1 amide bonds. The molecule has 11 heteroatoms. The molecule has 1 aromatic rings. The zero-order valence-electron chi connectivity index (χ0n) is 11.1. The Labute approximate surface area is 146 Å². The van der Waals surface area contributed by atoms with Gasteiger partial charge in [-0.15, -0.1) is 0 Å². The third-order valence-corrected chi connectivity index (χ3v) is 3.17. The van der Waals surface area contributed by atoms with Gasteiger partial charge in [-0.25, -0.2) is 0 Å². The predicted molar refractivity (Wildman–Crippen MR) is 90.3 cm³/mol. The van der Waals surface area contributed by atoms with Crippen LogP contribution in [0.5, 0.6) is 0 Å². The first-order valence-electron chi connectivity index (χ1n) is 5.76. The molecule has 0 heterocycles. The molecule has 0 fully saturated rings. The molecule has 1 atom stereocenters. The summed E-state index contributed by atoms with van der Waals surface area (Å²) in [4.78, 5) is 21.5. The number of nitrogens with one attached hydrogen (secondary N) is 3. The Morgan fingerprint density at radius 1 is 1.32 bits per heavy atom. The highest BCUT2D eigenvalue weighted by Gasteiger charge is 2.34. The van der Waals surface area contributed by atoms with Crippen molar-refractivity contribution < 1.29 is 9.72 Å². The van der Waals surface area contributed by atoms with E-state index in [1.807, 2.05) is 0 Å². The molecule has 1 unspecified atom stereocenters. The van der Waals surface area contributed by atoms with Gasteiger partial charge in [-0.3, -0.25) is 14.9 Å². The molecule has 0 spiro atoms. The maximum Gasteiger partial charge on any atom is 0.292 e. The van der Waals surface area contributed by atoms with Crippen LogP contribution in [0.1, 0.15) is 6.92 Å². The van der Waals surface area contributed by atoms with Gasteiger partial charge in [0.2, 0.25) is 9.70 Å². The van der Waals surface area contributed by atoms with E-state index in [-0.39, 0.29) is 16.5 Å². The van der Waals surface area contributed by atoms with Crippen molar-refractivity contribution >= 4 is 69.4 Å². The summed E-state index contributed by atoms with van der Waals surface area (Å²) >= 11 is 22.2. The largest absolute Gasteiger partial charge is 0.339 e. The summed E-state index contributed by atoms with van der Waals surface area (Å²) in [5.74, 6) is -0.447. The molecule has 0 aromatic heterocycles. The number of nitro groups is 1. The summed E-state index contributed by atoms with van der Waals surface area (Å²) in [7, 11) is 0. The first-order valence-corrected chi connectivity index (χ1v) is 7.30. The van der Waals surface area contributed by atoms with Gasteiger partial charge in [0.05, 0.1) is 4.92 Å². The summed E-state index contributed by atoms with van der Waals surface area (Å²) in [5.41, 5.74) is -0.00694. The van der Waals surface area contributed by atoms with E-state index in [4.69, 9.17) is 47.0 Å². The van der Waals surface area contributed by atoms with E-state index in [1.54, 1.807) is 6.07 Å². The Morgan fingerprint density at radius 2 is 1.91 bits per heavy atom. The molecule has 0 aliphatic heterocycles. The van der Waals surface area contributed by atoms with E-state index in [0.717, 1.165) is 0 Å². The number of halogens is 3. The van der Waals surface area contributed by atoms with Crippen molar-refractivity contribution in [3.8, 4) is 0 Å². The lowest BCUT2D eigenvalue weighted by Gasteiger charge is -2.27. The fourth-order valence-corrected chi connectivity index (χ4v) is 1.99. The van der Waals surface area contributed by atoms with Crippen LogP contribution in [0.3, 0.4) is 0 Å². The van der Waals surface area contributed by atoms with E-state index >= 15 is 0 Å². The summed E-state index contributed by atoms with van der Waals surface area (Å²) in [6.45, 7) is 1.24. The number of hydrogen-bond donors (Lipinski definition) is 3. The Balaban J connectivity index is 2.84. The van der Waals surface area contributed by atoms with Crippen molar-refractivity contribution in [2.24, 2.45) is 0 Å². The Morgan fingerprint density at radius 3 is 2.41 bits per heavy atom. The smallest absolute Gasteiger partial charge is 0.292 e. The number of para-hydroxylation sites is 2. The highest BCUT2D eigenvalue weighted by Crippen LogP contribution is 2.29. The SMILES string of the molecule is CC(=O)NC(NC(=S)Nc1ccccc1[N+](=O)[O-])C(Cl)(Cl)Cl. The van der Waals surface area contributed by atoms with Crippen LogP contribution in [-0.2, 0) is 4.79 Å². The first-order chi connectivity index (χ1) is 10.1. The Hall–Kier alpha value is -1.35. The summed E-state index contributed by atoms with van der Waals surface area (Å²) in [6, 6.07) is 5.89. The number of hydrogen-bond acceptors (Lipinski definition) is 4. The van der Waals surface area contributed by atoms with E-state index in [0.29, 0.717) is 0 Å². The van der Waals surface area contributed by atoms with Crippen molar-refractivity contribution in [3.63, 3.8) is 0 Å². The fraction of sp³-hybridized carbons (Fsp3) is 0.273. The van der Waals surface area contributed by atoms with Gasteiger partial charge in [0, 0.05) is 13.0 Å². The average molecular weight is 386 g/mol. The second-order valence-electron chi connectivity index (χ2n) is 4.05. The Kier molecular flexibility index (Phi) is 6.61. The van der Waals surface area contributed by atoms with Crippen LogP contribution in [-0.4, -0.2) is 25.9 Å². The van der Waals surface area contributed by atoms with Crippen LogP contribution in [0.2, 0.25) is 0 Å². The monoisotopic (exact) mass is 384 g/mol. The van der Waals surface area contributed by atoms with Crippen molar-refractivity contribution in [1.82, 2.24) is 10.6 Å². The molecule has 0 saturated heterocycles. The van der Waals surface area contributed by atoms with Crippen molar-refractivity contribution in [1.29, 1.82) is 0 Å². The van der Waals surface area contributed by atoms with Crippen molar-refractivity contribution in [3.05, 3.63) is 34.4 Å². The topological polar surface area (TPSA) is 96.3 Å². The van der Waals surface area contributed by atoms with Crippen molar-refractivity contribution in [2.45, 2.75) is 16.9 Å². The molecule has 0 bridgehead atoms. The minimum atomic E-state index is -1.87. The number of thiocarbonyl (C=S) groups is 1. The Bertz CT molecular complexity index is 594. The van der Waals surface area contributed by atoms with Gasteiger partial charge in [-0.2, -0.15) is 0 Å². The zero-order chi connectivity index (χ0) is 16.9. The van der Waals surface area contributed by atoms with Crippen LogP contribution in [0, 0.1) is 10.1 Å². The lowest BCUT2D eigenvalue weighted by Crippen LogP contribution is -2.55. The number of nitrogens with zero attached hydrogens (tertiary/aromatic N) is 1. The molecular weight excluding hydrogens is 375 g/mol. The highest BCUT2D eigenvalue weighted by molar-refractivity contribution is 7.80. The lowest BCUT2D eigenvalue weighted by molar-refractivity contribution is -0.383. The number of benzene rings is 1. The molecule has 0 aliphatic carbocycles. The van der Waals surface area contributed by atoms with Gasteiger partial charge in [0.25, 0.3) is 5.69 Å². The van der Waals surface area contributed by atoms with Crippen LogP contribution >= 0.6 is 47.0 Å². The summed E-state index contributed by atoms with van der Waals surface area (Å²) < 4.78 is -1.87. The molecule has 22 heavy (non-hydrogen) atoms. The molecular formula is C11H11Cl3N4O3S. The first kappa shape index (κ1) is 18.7. The van der Waals surface area contributed by atoms with E-state index in [2.05, 4.69) is 16.0 Å². The molecule has 0 saturated carbocycles. The second kappa shape index (κ2) is 7.77. The summed E-state index contributed by atoms with van der Waals surface area (Å²) in [6.07, 6.45) is -1.11. The van der Waals surface area contributed by atoms with Crippen LogP contribution < -0.4 is 16.0 Å². The van der Waals surface area contributed by atoms with E-state index in [1.165, 1.54) is 25.1 Å². The zero-order valence-corrected chi connectivity index (χ0v) is 14.2. The molecule has 0 aliphatic rings. The fourth-order valence-electron chi connectivity index (χ4n) is 1.43. The van der Waals surface area contributed by atoms with Gasteiger partial charge in [-0.1, -0.05) is 46.9 Å². The number of amides is 1. The second-order valence-corrected chi connectivity index (χ2v) is 6.83. The normalized spacial score (nSPS) is 12.2. The quantitative estimate of drug-likeness (QED) is 0.242. The average Bonchev–Trinajstić information content (AvgIpc) is 2.36. The highest BCUT2D eigenvalue weighted by atomic mass is 35.6. The minimum absolute atomic E-state index is 0.0561. The van der Waals surface area contributed by atoms with Gasteiger partial charge < -0.3 is 16.0 Å². The standard InChI is InChI=1S/C11H11Cl3N4O3S/c1-6(19)15-9(11(12,13)14)17-10(22)16-7-4-2-3-5-8(7)18(20)21/h2-5,9H,1H3,(H,15,19)(H2,16,17,22). The molecule has 3 N–H and O–H groups in total. The lowest BCUT2D eigenvalue weighted by atomic mass is 10.3. The third-order valence-electron chi connectivity index (χ3n) is 2.30. The molecule has 1 rings (SSSR count). The van der Waals surface area contributed by atoms with Gasteiger partial charge in [0.15, 0.2) is 5.11 Å². The number of carbonyl (C=O) groups excluding carboxylic acids is 1. The summed E-state index contributed by atoms with van der Waals surface area (Å²) in [5, 5.41) is 18.4.